The van der Waals surface area contributed by atoms with Crippen molar-refractivity contribution >= 4 is 5.97 Å². The van der Waals surface area contributed by atoms with Gasteiger partial charge in [-0.3, -0.25) is 0 Å². The van der Waals surface area contributed by atoms with Crippen molar-refractivity contribution in [3.8, 4) is 5.75 Å². The van der Waals surface area contributed by atoms with Gasteiger partial charge >= 0.3 is 5.97 Å². The Morgan fingerprint density at radius 2 is 1.89 bits per heavy atom. The third-order valence-corrected chi connectivity index (χ3v) is 2.97. The quantitative estimate of drug-likeness (QED) is 0.909. The van der Waals surface area contributed by atoms with E-state index in [2.05, 4.69) is 0 Å². The lowest BCUT2D eigenvalue weighted by Crippen LogP contribution is -2.05. The van der Waals surface area contributed by atoms with Crippen LogP contribution in [0.2, 0.25) is 0 Å². The van der Waals surface area contributed by atoms with Gasteiger partial charge in [0, 0.05) is 5.56 Å². The molecule has 3 nitrogen and oxygen atoms in total. The number of hydrogen-bond donors (Lipinski definition) is 1. The summed E-state index contributed by atoms with van der Waals surface area (Å²) in [6.45, 7) is 4.22. The summed E-state index contributed by atoms with van der Waals surface area (Å²) in [6.07, 6.45) is 0. The summed E-state index contributed by atoms with van der Waals surface area (Å²) in [6, 6.07) is 12.9. The Kier molecular flexibility index (Phi) is 3.85. The average molecular weight is 256 g/mol. The van der Waals surface area contributed by atoms with Gasteiger partial charge in [-0.2, -0.15) is 0 Å². The van der Waals surface area contributed by atoms with Gasteiger partial charge in [-0.15, -0.1) is 0 Å². The van der Waals surface area contributed by atoms with Crippen LogP contribution in [-0.4, -0.2) is 11.1 Å². The van der Waals surface area contributed by atoms with Crippen LogP contribution in [0, 0.1) is 13.8 Å². The average Bonchev–Trinajstić information content (AvgIpc) is 2.40. The molecule has 0 fully saturated rings. The molecule has 0 atom stereocenters. The second-order valence-electron chi connectivity index (χ2n) is 4.52. The number of benzene rings is 2. The molecule has 3 heteroatoms. The fourth-order valence-electron chi connectivity index (χ4n) is 1.87. The van der Waals surface area contributed by atoms with Gasteiger partial charge < -0.3 is 9.84 Å². The number of carbonyl (C=O) groups is 1. The second kappa shape index (κ2) is 5.57. The van der Waals surface area contributed by atoms with Gasteiger partial charge in [0.2, 0.25) is 0 Å². The number of aryl methyl sites for hydroxylation is 2. The zero-order valence-corrected chi connectivity index (χ0v) is 11.0. The monoisotopic (exact) mass is 256 g/mol. The van der Waals surface area contributed by atoms with Crippen molar-refractivity contribution in [1.29, 1.82) is 0 Å². The molecule has 2 rings (SSSR count). The van der Waals surface area contributed by atoms with Crippen LogP contribution in [-0.2, 0) is 6.61 Å². The number of hydrogen-bond acceptors (Lipinski definition) is 2. The van der Waals surface area contributed by atoms with Crippen LogP contribution >= 0.6 is 0 Å². The molecule has 98 valence electrons. The fraction of sp³-hybridized carbons (Fsp3) is 0.188. The molecule has 0 saturated heterocycles. The highest BCUT2D eigenvalue weighted by Crippen LogP contribution is 2.21. The molecular formula is C16H16O3. The fourth-order valence-corrected chi connectivity index (χ4v) is 1.87. The normalized spacial score (nSPS) is 10.2. The van der Waals surface area contributed by atoms with E-state index < -0.39 is 5.97 Å². The topological polar surface area (TPSA) is 46.5 Å². The minimum atomic E-state index is -0.930. The van der Waals surface area contributed by atoms with E-state index in [0.717, 1.165) is 16.9 Å². The van der Waals surface area contributed by atoms with Crippen molar-refractivity contribution in [2.45, 2.75) is 20.5 Å². The smallest absolute Gasteiger partial charge is 0.336 e. The minimum Gasteiger partial charge on any atom is -0.489 e. The van der Waals surface area contributed by atoms with E-state index >= 15 is 0 Å². The van der Waals surface area contributed by atoms with Crippen molar-refractivity contribution in [2.75, 3.05) is 0 Å². The maximum absolute atomic E-state index is 11.1. The first-order chi connectivity index (χ1) is 9.08. The highest BCUT2D eigenvalue weighted by molar-refractivity contribution is 5.89. The Hall–Kier alpha value is -2.29. The summed E-state index contributed by atoms with van der Waals surface area (Å²) in [5.74, 6) is -0.139. The number of carboxylic acids is 1. The van der Waals surface area contributed by atoms with E-state index in [9.17, 15) is 4.79 Å². The van der Waals surface area contributed by atoms with Crippen LogP contribution in [0.25, 0.3) is 0 Å². The van der Waals surface area contributed by atoms with E-state index in [1.807, 2.05) is 38.1 Å². The van der Waals surface area contributed by atoms with Crippen LogP contribution in [0.3, 0.4) is 0 Å². The zero-order valence-electron chi connectivity index (χ0n) is 11.0. The van der Waals surface area contributed by atoms with E-state index in [1.54, 1.807) is 18.2 Å². The molecule has 0 saturated carbocycles. The number of aromatic carboxylic acids is 1. The molecule has 0 aromatic heterocycles. The summed E-state index contributed by atoms with van der Waals surface area (Å²) >= 11 is 0. The molecule has 0 aliphatic carbocycles. The molecule has 0 aliphatic heterocycles. The molecule has 2 aromatic carbocycles. The van der Waals surface area contributed by atoms with Crippen molar-refractivity contribution in [1.82, 2.24) is 0 Å². The van der Waals surface area contributed by atoms with E-state index in [1.165, 1.54) is 0 Å². The van der Waals surface area contributed by atoms with Crippen molar-refractivity contribution in [2.24, 2.45) is 0 Å². The summed E-state index contributed by atoms with van der Waals surface area (Å²) in [5, 5.41) is 9.11. The van der Waals surface area contributed by atoms with Gasteiger partial charge in [0.15, 0.2) is 0 Å². The van der Waals surface area contributed by atoms with Crippen LogP contribution in [0.15, 0.2) is 42.5 Å². The Labute approximate surface area is 112 Å². The maximum atomic E-state index is 11.1. The Bertz CT molecular complexity index is 603. The number of carboxylic acid groups (broad SMARTS) is 1. The first kappa shape index (κ1) is 13.1. The predicted molar refractivity (Wildman–Crippen MR) is 73.6 cm³/mol. The molecular weight excluding hydrogens is 240 g/mol. The second-order valence-corrected chi connectivity index (χ2v) is 4.52. The molecule has 0 spiro atoms. The minimum absolute atomic E-state index is 0.257. The Morgan fingerprint density at radius 1 is 1.16 bits per heavy atom. The van der Waals surface area contributed by atoms with Crippen LogP contribution < -0.4 is 4.74 Å². The zero-order chi connectivity index (χ0) is 13.8. The lowest BCUT2D eigenvalue weighted by atomic mass is 10.1. The standard InChI is InChI=1S/C16H16O3/c1-11-7-8-12(2)15(9-11)19-10-13-5-3-4-6-14(13)16(17)18/h3-9H,10H2,1-2H3,(H,17,18). The number of rotatable bonds is 4. The highest BCUT2D eigenvalue weighted by atomic mass is 16.5. The third kappa shape index (κ3) is 3.13. The van der Waals surface area contributed by atoms with Gasteiger partial charge in [-0.25, -0.2) is 4.79 Å². The van der Waals surface area contributed by atoms with Gasteiger partial charge in [0.05, 0.1) is 5.56 Å². The van der Waals surface area contributed by atoms with E-state index in [4.69, 9.17) is 9.84 Å². The molecule has 0 unspecified atom stereocenters. The lowest BCUT2D eigenvalue weighted by molar-refractivity contribution is 0.0694. The lowest BCUT2D eigenvalue weighted by Gasteiger charge is -2.11. The van der Waals surface area contributed by atoms with Gasteiger partial charge in [-0.05, 0) is 37.1 Å². The predicted octanol–water partition coefficient (Wildman–Crippen LogP) is 3.58. The van der Waals surface area contributed by atoms with Crippen LogP contribution in [0.5, 0.6) is 5.75 Å². The molecule has 0 bridgehead atoms. The molecule has 0 aliphatic rings. The first-order valence-electron chi connectivity index (χ1n) is 6.09. The van der Waals surface area contributed by atoms with Crippen LogP contribution in [0.1, 0.15) is 27.0 Å². The molecule has 0 heterocycles. The van der Waals surface area contributed by atoms with Gasteiger partial charge in [0.25, 0.3) is 0 Å². The molecule has 2 aromatic rings. The van der Waals surface area contributed by atoms with E-state index in [-0.39, 0.29) is 12.2 Å². The van der Waals surface area contributed by atoms with E-state index in [0.29, 0.717) is 5.56 Å². The molecule has 0 radical (unpaired) electrons. The summed E-state index contributed by atoms with van der Waals surface area (Å²) in [7, 11) is 0. The summed E-state index contributed by atoms with van der Waals surface area (Å²) in [4.78, 5) is 11.1. The largest absolute Gasteiger partial charge is 0.489 e. The van der Waals surface area contributed by atoms with Crippen LogP contribution in [0.4, 0.5) is 0 Å². The molecule has 1 N–H and O–H groups in total. The Morgan fingerprint density at radius 3 is 2.63 bits per heavy atom. The van der Waals surface area contributed by atoms with Gasteiger partial charge in [0.1, 0.15) is 12.4 Å². The summed E-state index contributed by atoms with van der Waals surface area (Å²) < 4.78 is 5.73. The first-order valence-corrected chi connectivity index (χ1v) is 6.09. The van der Waals surface area contributed by atoms with Crippen molar-refractivity contribution in [3.63, 3.8) is 0 Å². The van der Waals surface area contributed by atoms with Crippen molar-refractivity contribution in [3.05, 3.63) is 64.7 Å². The molecule has 19 heavy (non-hydrogen) atoms. The number of ether oxygens (including phenoxy) is 1. The maximum Gasteiger partial charge on any atom is 0.336 e. The van der Waals surface area contributed by atoms with Gasteiger partial charge in [-0.1, -0.05) is 30.3 Å². The Balaban J connectivity index is 2.19. The molecule has 0 amide bonds. The third-order valence-electron chi connectivity index (χ3n) is 2.97. The SMILES string of the molecule is Cc1ccc(C)c(OCc2ccccc2C(=O)O)c1. The highest BCUT2D eigenvalue weighted by Gasteiger charge is 2.09. The van der Waals surface area contributed by atoms with Crippen molar-refractivity contribution < 1.29 is 14.6 Å². The summed E-state index contributed by atoms with van der Waals surface area (Å²) in [5.41, 5.74) is 3.12.